The lowest BCUT2D eigenvalue weighted by molar-refractivity contribution is -0.133. The molecule has 0 bridgehead atoms. The second kappa shape index (κ2) is 12.4. The van der Waals surface area contributed by atoms with Gasteiger partial charge in [0.15, 0.2) is 5.60 Å². The van der Waals surface area contributed by atoms with Crippen molar-refractivity contribution in [2.75, 3.05) is 27.4 Å². The molecule has 0 aliphatic carbocycles. The molecule has 6 heteroatoms. The highest BCUT2D eigenvalue weighted by Crippen LogP contribution is 2.47. The van der Waals surface area contributed by atoms with Crippen LogP contribution in [0.1, 0.15) is 28.7 Å². The molecule has 1 aliphatic rings. The Morgan fingerprint density at radius 2 is 1.32 bits per heavy atom. The summed E-state index contributed by atoms with van der Waals surface area (Å²) < 4.78 is 18.8. The van der Waals surface area contributed by atoms with Gasteiger partial charge in [0, 0.05) is 17.7 Å². The summed E-state index contributed by atoms with van der Waals surface area (Å²) in [6, 6.07) is 35.0. The van der Waals surface area contributed by atoms with Crippen molar-refractivity contribution < 1.29 is 24.1 Å². The summed E-state index contributed by atoms with van der Waals surface area (Å²) in [4.78, 5) is 15.2. The minimum absolute atomic E-state index is 0.0313. The number of ether oxygens (including phenoxy) is 3. The highest BCUT2D eigenvalue weighted by molar-refractivity contribution is 5.79. The van der Waals surface area contributed by atoms with Crippen LogP contribution >= 0.6 is 0 Å². The molecule has 1 N–H and O–H groups in total. The second-order valence-corrected chi connectivity index (χ2v) is 10.0. The van der Waals surface area contributed by atoms with Crippen LogP contribution in [0, 0.1) is 0 Å². The van der Waals surface area contributed by atoms with Gasteiger partial charge in [0.25, 0.3) is 0 Å². The number of rotatable bonds is 10. The maximum absolute atomic E-state index is 13.4. The number of amides is 1. The molecule has 0 spiro atoms. The molecule has 6 nitrogen and oxygen atoms in total. The molecular formula is C34H35NO5. The molecular weight excluding hydrogens is 502 g/mol. The first kappa shape index (κ1) is 27.4. The Morgan fingerprint density at radius 1 is 0.800 bits per heavy atom. The van der Waals surface area contributed by atoms with Gasteiger partial charge in [0.1, 0.15) is 11.5 Å². The monoisotopic (exact) mass is 537 g/mol. The molecule has 2 unspecified atom stereocenters. The van der Waals surface area contributed by atoms with E-state index in [1.54, 1.807) is 19.1 Å². The Balaban J connectivity index is 1.58. The fourth-order valence-corrected chi connectivity index (χ4v) is 5.69. The van der Waals surface area contributed by atoms with E-state index in [-0.39, 0.29) is 31.5 Å². The lowest BCUT2D eigenvalue weighted by Gasteiger charge is -2.39. The first-order chi connectivity index (χ1) is 19.6. The minimum Gasteiger partial charge on any atom is -0.496 e. The fourth-order valence-electron chi connectivity index (χ4n) is 5.69. The van der Waals surface area contributed by atoms with Gasteiger partial charge in [-0.15, -0.1) is 0 Å². The van der Waals surface area contributed by atoms with Crippen LogP contribution < -0.4 is 9.47 Å². The molecule has 40 heavy (non-hydrogen) atoms. The molecule has 2 atom stereocenters. The van der Waals surface area contributed by atoms with E-state index in [4.69, 9.17) is 14.2 Å². The average molecular weight is 538 g/mol. The van der Waals surface area contributed by atoms with Crippen molar-refractivity contribution in [1.82, 2.24) is 4.90 Å². The molecule has 1 amide bonds. The van der Waals surface area contributed by atoms with E-state index in [1.165, 1.54) is 0 Å². The smallest absolute Gasteiger partial charge is 0.227 e. The number of aliphatic hydroxyl groups excluding tert-OH is 1. The third kappa shape index (κ3) is 5.46. The van der Waals surface area contributed by atoms with Gasteiger partial charge in [-0.1, -0.05) is 97.1 Å². The summed E-state index contributed by atoms with van der Waals surface area (Å²) in [6.07, 6.45) is 0.0906. The van der Waals surface area contributed by atoms with E-state index >= 15 is 0 Å². The van der Waals surface area contributed by atoms with E-state index in [2.05, 4.69) is 0 Å². The molecule has 206 valence electrons. The highest BCUT2D eigenvalue weighted by Gasteiger charge is 2.44. The number of aliphatic hydroxyl groups is 1. The van der Waals surface area contributed by atoms with Crippen molar-refractivity contribution >= 4 is 5.91 Å². The third-order valence-corrected chi connectivity index (χ3v) is 7.56. The van der Waals surface area contributed by atoms with Crippen LogP contribution in [0.15, 0.2) is 109 Å². The predicted octanol–water partition coefficient (Wildman–Crippen LogP) is 5.22. The summed E-state index contributed by atoms with van der Waals surface area (Å²) in [7, 11) is 3.29. The van der Waals surface area contributed by atoms with E-state index in [1.807, 2.05) is 109 Å². The van der Waals surface area contributed by atoms with Gasteiger partial charge in [-0.2, -0.15) is 0 Å². The zero-order chi connectivity index (χ0) is 28.0. The number of carbonyl (C=O) groups is 1. The number of para-hydroxylation sites is 2. The van der Waals surface area contributed by atoms with E-state index in [9.17, 15) is 9.90 Å². The largest absolute Gasteiger partial charge is 0.496 e. The zero-order valence-corrected chi connectivity index (χ0v) is 22.9. The first-order valence-electron chi connectivity index (χ1n) is 13.5. The molecule has 1 saturated heterocycles. The van der Waals surface area contributed by atoms with Crippen molar-refractivity contribution in [1.29, 1.82) is 0 Å². The Kier molecular flexibility index (Phi) is 8.48. The molecule has 4 aromatic rings. The number of nitrogens with zero attached hydrogens (tertiary/aromatic N) is 1. The van der Waals surface area contributed by atoms with E-state index in [0.717, 1.165) is 22.3 Å². The minimum atomic E-state index is -1.12. The average Bonchev–Trinajstić information content (AvgIpc) is 3.39. The topological polar surface area (TPSA) is 68.2 Å². The van der Waals surface area contributed by atoms with Crippen molar-refractivity contribution in [2.45, 2.75) is 30.6 Å². The molecule has 1 fully saturated rings. The van der Waals surface area contributed by atoms with E-state index < -0.39 is 11.7 Å². The normalized spacial score (nSPS) is 17.0. The van der Waals surface area contributed by atoms with Gasteiger partial charge >= 0.3 is 0 Å². The molecule has 0 aromatic heterocycles. The number of carbonyl (C=O) groups excluding carboxylic acids is 1. The van der Waals surface area contributed by atoms with Crippen LogP contribution in [-0.4, -0.2) is 55.4 Å². The molecule has 4 aromatic carbocycles. The van der Waals surface area contributed by atoms with Gasteiger partial charge in [-0.05, 0) is 29.7 Å². The molecule has 0 saturated carbocycles. The van der Waals surface area contributed by atoms with Crippen molar-refractivity contribution in [2.24, 2.45) is 0 Å². The number of hydrogen-bond donors (Lipinski definition) is 1. The standard InChI is InChI=1S/C34H35NO5/c1-38-31-19-11-9-17-29(31)34(26-15-7-4-8-16-26,30-18-10-12-20-32(30)39-2)40-24-27-22-28(36)23-35(27)33(37)21-25-13-5-3-6-14-25/h3-20,27-28,36H,21-24H2,1-2H3. The maximum Gasteiger partial charge on any atom is 0.227 e. The van der Waals surface area contributed by atoms with Crippen LogP contribution in [0.5, 0.6) is 11.5 Å². The molecule has 1 aliphatic heterocycles. The van der Waals surface area contributed by atoms with Gasteiger partial charge in [-0.25, -0.2) is 0 Å². The van der Waals surface area contributed by atoms with E-state index in [0.29, 0.717) is 17.9 Å². The first-order valence-corrected chi connectivity index (χ1v) is 13.5. The fraction of sp³-hybridized carbons (Fsp3) is 0.265. The lowest BCUT2D eigenvalue weighted by Crippen LogP contribution is -2.43. The number of hydrogen-bond acceptors (Lipinski definition) is 5. The Morgan fingerprint density at radius 3 is 1.90 bits per heavy atom. The molecule has 5 rings (SSSR count). The van der Waals surface area contributed by atoms with Crippen LogP contribution in [-0.2, 0) is 21.6 Å². The summed E-state index contributed by atoms with van der Waals surface area (Å²) in [6.45, 7) is 0.476. The number of likely N-dealkylation sites (tertiary alicyclic amines) is 1. The number of methoxy groups -OCH3 is 2. The number of β-amino-alcohol motifs (C(OH)–C–C–N with tert-alkyl or cyclic N) is 1. The highest BCUT2D eigenvalue weighted by atomic mass is 16.5. The van der Waals surface area contributed by atoms with Crippen LogP contribution in [0.4, 0.5) is 0 Å². The van der Waals surface area contributed by atoms with Crippen LogP contribution in [0.3, 0.4) is 0 Å². The Bertz CT molecular complexity index is 1360. The number of benzene rings is 4. The van der Waals surface area contributed by atoms with Crippen LogP contribution in [0.25, 0.3) is 0 Å². The third-order valence-electron chi connectivity index (χ3n) is 7.56. The van der Waals surface area contributed by atoms with Crippen molar-refractivity contribution in [3.05, 3.63) is 131 Å². The lowest BCUT2D eigenvalue weighted by atomic mass is 9.79. The van der Waals surface area contributed by atoms with Gasteiger partial charge in [0.2, 0.25) is 5.91 Å². The van der Waals surface area contributed by atoms with Gasteiger partial charge < -0.3 is 24.2 Å². The summed E-state index contributed by atoms with van der Waals surface area (Å²) in [5.41, 5.74) is 2.34. The molecule has 1 heterocycles. The van der Waals surface area contributed by atoms with Gasteiger partial charge in [-0.3, -0.25) is 4.79 Å². The maximum atomic E-state index is 13.4. The SMILES string of the molecule is COc1ccccc1C(OCC1CC(O)CN1C(=O)Cc1ccccc1)(c1ccccc1)c1ccccc1OC. The summed E-state index contributed by atoms with van der Waals surface area (Å²) >= 11 is 0. The predicted molar refractivity (Wildman–Crippen MR) is 155 cm³/mol. The summed E-state index contributed by atoms with van der Waals surface area (Å²) in [5, 5.41) is 10.6. The Labute approximate surface area is 235 Å². The molecule has 0 radical (unpaired) electrons. The zero-order valence-electron chi connectivity index (χ0n) is 22.9. The van der Waals surface area contributed by atoms with Crippen molar-refractivity contribution in [3.63, 3.8) is 0 Å². The van der Waals surface area contributed by atoms with Crippen LogP contribution in [0.2, 0.25) is 0 Å². The summed E-state index contributed by atoms with van der Waals surface area (Å²) in [5.74, 6) is 1.30. The Hall–Kier alpha value is -4.13. The quantitative estimate of drug-likeness (QED) is 0.281. The van der Waals surface area contributed by atoms with Gasteiger partial charge in [0.05, 0.1) is 39.4 Å². The van der Waals surface area contributed by atoms with Crippen molar-refractivity contribution in [3.8, 4) is 11.5 Å². The second-order valence-electron chi connectivity index (χ2n) is 10.0.